The summed E-state index contributed by atoms with van der Waals surface area (Å²) in [4.78, 5) is 0. The molecule has 1 atom stereocenters. The second kappa shape index (κ2) is 8.55. The van der Waals surface area contributed by atoms with Gasteiger partial charge in [-0.2, -0.15) is 0 Å². The first kappa shape index (κ1) is 23.5. The van der Waals surface area contributed by atoms with Crippen LogP contribution >= 0.6 is 0 Å². The molecule has 2 aliphatic rings. The molecule has 0 N–H and O–H groups in total. The summed E-state index contributed by atoms with van der Waals surface area (Å²) in [5.41, 5.74) is 9.23. The van der Waals surface area contributed by atoms with Gasteiger partial charge in [-0.25, -0.2) is 0 Å². The normalized spacial score (nSPS) is 17.0. The number of benzene rings is 2. The topological polar surface area (TPSA) is 0 Å². The molecule has 0 spiro atoms. The molecule has 2 aliphatic carbocycles. The maximum Gasteiger partial charge on any atom is -1.00 e. The van der Waals surface area contributed by atoms with Crippen LogP contribution in [-0.4, -0.2) is 4.21 Å². The third-order valence-corrected chi connectivity index (χ3v) is 12.4. The Balaban J connectivity index is 0.00000140. The van der Waals surface area contributed by atoms with Gasteiger partial charge < -0.3 is 24.8 Å². The molecule has 0 aliphatic heterocycles. The van der Waals surface area contributed by atoms with Gasteiger partial charge in [-0.05, 0) is 0 Å². The van der Waals surface area contributed by atoms with E-state index in [1.54, 1.807) is 17.7 Å². The fraction of sp³-hybridized carbons (Fsp3) is 0.320. The van der Waals surface area contributed by atoms with Crippen LogP contribution in [0.3, 0.4) is 0 Å². The van der Waals surface area contributed by atoms with Crippen LogP contribution in [0.5, 0.6) is 0 Å². The van der Waals surface area contributed by atoms with Crippen molar-refractivity contribution in [2.45, 2.75) is 41.0 Å². The largest absolute Gasteiger partial charge is 1.00 e. The maximum absolute atomic E-state index is 4.85. The summed E-state index contributed by atoms with van der Waals surface area (Å²) in [6.45, 7) is 11.7. The van der Waals surface area contributed by atoms with E-state index < -0.39 is 21.3 Å². The second-order valence-corrected chi connectivity index (χ2v) is 13.8. The fourth-order valence-electron chi connectivity index (χ4n) is 4.84. The zero-order valence-electron chi connectivity index (χ0n) is 17.4. The van der Waals surface area contributed by atoms with Gasteiger partial charge >= 0.3 is 166 Å². The minimum atomic E-state index is -2.12. The van der Waals surface area contributed by atoms with Crippen molar-refractivity contribution in [3.8, 4) is 11.1 Å². The first-order valence-electron chi connectivity index (χ1n) is 9.62. The molecular formula is C25H28Cl2Zr. The van der Waals surface area contributed by atoms with Crippen molar-refractivity contribution in [3.05, 3.63) is 74.1 Å². The van der Waals surface area contributed by atoms with Crippen molar-refractivity contribution in [3.63, 3.8) is 0 Å². The van der Waals surface area contributed by atoms with Crippen LogP contribution in [0.4, 0.5) is 0 Å². The predicted octanol–water partition coefficient (Wildman–Crippen LogP) is -0.162. The number of fused-ring (bicyclic) bond motifs is 3. The van der Waals surface area contributed by atoms with Gasteiger partial charge in [-0.1, -0.05) is 0 Å². The predicted molar refractivity (Wildman–Crippen MR) is 111 cm³/mol. The van der Waals surface area contributed by atoms with Gasteiger partial charge in [0, 0.05) is 0 Å². The molecule has 0 amide bonds. The first-order chi connectivity index (χ1) is 12.3. The molecule has 0 aromatic heterocycles. The van der Waals surface area contributed by atoms with Crippen LogP contribution in [0.2, 0.25) is 0 Å². The zero-order valence-corrected chi connectivity index (χ0v) is 21.3. The minimum Gasteiger partial charge on any atom is -1.00 e. The molecule has 0 bridgehead atoms. The van der Waals surface area contributed by atoms with Gasteiger partial charge in [0.25, 0.3) is 0 Å². The van der Waals surface area contributed by atoms with Gasteiger partial charge in [0.1, 0.15) is 0 Å². The summed E-state index contributed by atoms with van der Waals surface area (Å²) >= 11 is -2.12. The van der Waals surface area contributed by atoms with Crippen LogP contribution in [0.15, 0.2) is 63.0 Å². The SMILES string of the molecule is [CH2]=[Zr+2]([C]1=C(C)C(C(C)(C)C)=CC1C)[c]1cccc2c1Cc1ccccc1-2.[Cl-].[Cl-]. The van der Waals surface area contributed by atoms with Crippen molar-refractivity contribution in [1.29, 1.82) is 0 Å². The molecule has 146 valence electrons. The Kier molecular flexibility index (Phi) is 7.18. The van der Waals surface area contributed by atoms with E-state index in [9.17, 15) is 0 Å². The zero-order chi connectivity index (χ0) is 18.6. The summed E-state index contributed by atoms with van der Waals surface area (Å²) in [7, 11) is 0. The van der Waals surface area contributed by atoms with Gasteiger partial charge in [0.05, 0.1) is 0 Å². The van der Waals surface area contributed by atoms with Gasteiger partial charge in [-0.3, -0.25) is 0 Å². The number of rotatable bonds is 2. The van der Waals surface area contributed by atoms with Crippen LogP contribution in [0.25, 0.3) is 11.1 Å². The molecule has 28 heavy (non-hydrogen) atoms. The van der Waals surface area contributed by atoms with E-state index in [0.29, 0.717) is 5.92 Å². The Bertz CT molecular complexity index is 990. The molecule has 2 aromatic rings. The average molecular weight is 491 g/mol. The molecule has 3 heteroatoms. The van der Waals surface area contributed by atoms with E-state index in [-0.39, 0.29) is 30.2 Å². The molecular weight excluding hydrogens is 462 g/mol. The van der Waals surface area contributed by atoms with Crippen LogP contribution < -0.4 is 28.1 Å². The Morgan fingerprint density at radius 2 is 1.61 bits per heavy atom. The third-order valence-electron chi connectivity index (χ3n) is 5.99. The van der Waals surface area contributed by atoms with E-state index in [2.05, 4.69) is 83.2 Å². The second-order valence-electron chi connectivity index (χ2n) is 8.80. The molecule has 0 radical (unpaired) electrons. The van der Waals surface area contributed by atoms with E-state index >= 15 is 0 Å². The molecule has 1 unspecified atom stereocenters. The van der Waals surface area contributed by atoms with Crippen molar-refractivity contribution in [2.75, 3.05) is 0 Å². The van der Waals surface area contributed by atoms with Crippen LogP contribution in [-0.2, 0) is 27.7 Å². The third kappa shape index (κ3) is 3.83. The van der Waals surface area contributed by atoms with Crippen molar-refractivity contribution < 1.29 is 46.1 Å². The van der Waals surface area contributed by atoms with Crippen molar-refractivity contribution >= 4 is 7.48 Å². The fourth-order valence-corrected chi connectivity index (χ4v) is 10.7. The molecule has 0 heterocycles. The summed E-state index contributed by atoms with van der Waals surface area (Å²) in [6.07, 6.45) is 3.59. The Labute approximate surface area is 190 Å². The molecule has 0 saturated carbocycles. The van der Waals surface area contributed by atoms with Crippen molar-refractivity contribution in [1.82, 2.24) is 0 Å². The molecule has 4 rings (SSSR count). The number of allylic oxidation sites excluding steroid dienone is 4. The smallest absolute Gasteiger partial charge is 1.00 e. The minimum absolute atomic E-state index is 0. The Morgan fingerprint density at radius 1 is 0.964 bits per heavy atom. The van der Waals surface area contributed by atoms with E-state index in [1.165, 1.54) is 22.3 Å². The molecule has 0 fully saturated rings. The number of halogens is 2. The molecule has 0 nitrogen and oxygen atoms in total. The van der Waals surface area contributed by atoms with Crippen LogP contribution in [0, 0.1) is 11.3 Å². The number of hydrogen-bond donors (Lipinski definition) is 0. The monoisotopic (exact) mass is 488 g/mol. The Hall–Kier alpha value is -0.747. The van der Waals surface area contributed by atoms with Crippen molar-refractivity contribution in [2.24, 2.45) is 11.3 Å². The van der Waals surface area contributed by atoms with Gasteiger partial charge in [-0.15, -0.1) is 0 Å². The molecule has 2 aromatic carbocycles. The maximum atomic E-state index is 4.85. The summed E-state index contributed by atoms with van der Waals surface area (Å²) in [5.74, 6) is 0.552. The average Bonchev–Trinajstić information content (AvgIpc) is 3.11. The standard InChI is InChI=1S/C13H9.C11H17.CH2.2ClH.Zr/c1-3-7-12-10(5-1)9-11-6-2-4-8-13(11)12;1-8-6-9(2)10(7-8)11(3,4)5;;;;/h1-5,7-8H,9H2;7-8H,1-5H3;1H2;2*1H;/q;;;;;+2/p-2. The Morgan fingerprint density at radius 3 is 2.25 bits per heavy atom. The summed E-state index contributed by atoms with van der Waals surface area (Å²) < 4.78 is 8.15. The molecule has 0 saturated heterocycles. The van der Waals surface area contributed by atoms with Gasteiger partial charge in [0.2, 0.25) is 0 Å². The summed E-state index contributed by atoms with van der Waals surface area (Å²) in [6, 6.07) is 15.8. The van der Waals surface area contributed by atoms with Crippen LogP contribution in [0.1, 0.15) is 45.7 Å². The number of hydrogen-bond acceptors (Lipinski definition) is 0. The van der Waals surface area contributed by atoms with E-state index in [4.69, 9.17) is 4.21 Å². The van der Waals surface area contributed by atoms with Gasteiger partial charge in [0.15, 0.2) is 0 Å². The van der Waals surface area contributed by atoms with E-state index in [1.807, 2.05) is 0 Å². The quantitative estimate of drug-likeness (QED) is 0.469. The van der Waals surface area contributed by atoms with E-state index in [0.717, 1.165) is 6.42 Å². The first-order valence-corrected chi connectivity index (χ1v) is 13.8. The summed E-state index contributed by atoms with van der Waals surface area (Å²) in [5, 5.41) is 0.